The SMILES string of the molecule is Brc1ccc2c(c1)C1(c3ccccc3O2)c2cccnc2-c2ncccc21.O[B]Oc1cc(-n2c3ccccc3c3ccccc32)cc(-n2c3ccccc3c3ccccc32)c1.c1ccc2c(c1)Oc1ccc(-c3cc(-n4c5ccccc5c5ccccc54)cc(-n4c5ccccc5c5ccccc54)c3)cc1C21c2cccnc2-c2ncccc21. The fourth-order valence-corrected chi connectivity index (χ4v) is 20.4. The topological polar surface area (TPSA) is 119 Å². The lowest BCUT2D eigenvalue weighted by Gasteiger charge is -2.39. The Balaban J connectivity index is 0.000000112. The molecule has 2 aliphatic carbocycles. The minimum absolute atomic E-state index is 0.485. The van der Waals surface area contributed by atoms with Gasteiger partial charge < -0.3 is 37.4 Å². The molecule has 1 radical (unpaired) electrons. The van der Waals surface area contributed by atoms with Crippen molar-refractivity contribution >= 4 is 111 Å². The van der Waals surface area contributed by atoms with Gasteiger partial charge in [0.15, 0.2) is 0 Å². The van der Waals surface area contributed by atoms with Crippen molar-refractivity contribution in [2.45, 2.75) is 10.8 Å². The summed E-state index contributed by atoms with van der Waals surface area (Å²) in [6.45, 7) is 0. The lowest BCUT2D eigenvalue weighted by Crippen LogP contribution is -2.32. The zero-order valence-electron chi connectivity index (χ0n) is 64.2. The van der Waals surface area contributed by atoms with Gasteiger partial charge in [-0.25, -0.2) is 0 Å². The molecule has 120 heavy (non-hydrogen) atoms. The van der Waals surface area contributed by atoms with E-state index in [-0.39, 0.29) is 0 Å². The van der Waals surface area contributed by atoms with Crippen molar-refractivity contribution in [2.24, 2.45) is 0 Å². The lowest BCUT2D eigenvalue weighted by atomic mass is 9.66. The van der Waals surface area contributed by atoms with Crippen molar-refractivity contribution in [3.05, 3.63) is 438 Å². The van der Waals surface area contributed by atoms with Crippen LogP contribution in [0.1, 0.15) is 44.5 Å². The van der Waals surface area contributed by atoms with E-state index in [2.05, 4.69) is 331 Å². The fraction of sp³-hybridized carbons (Fsp3) is 0.0189. The highest BCUT2D eigenvalue weighted by atomic mass is 79.9. The Morgan fingerprint density at radius 1 is 0.258 bits per heavy atom. The molecule has 26 rings (SSSR count). The van der Waals surface area contributed by atoms with Gasteiger partial charge in [-0.1, -0.05) is 228 Å². The number of halogens is 1. The predicted octanol–water partition coefficient (Wildman–Crippen LogP) is 25.3. The molecule has 0 fully saturated rings. The highest BCUT2D eigenvalue weighted by Gasteiger charge is 2.54. The molecule has 1 N–H and O–H groups in total. The Morgan fingerprint density at radius 2 is 0.533 bits per heavy atom. The third-order valence-electron chi connectivity index (χ3n) is 24.7. The van der Waals surface area contributed by atoms with Gasteiger partial charge in [0.1, 0.15) is 28.7 Å². The van der Waals surface area contributed by atoms with Crippen LogP contribution in [-0.4, -0.2) is 50.9 Å². The van der Waals surface area contributed by atoms with E-state index in [1.165, 1.54) is 65.2 Å². The van der Waals surface area contributed by atoms with E-state index in [9.17, 15) is 5.02 Å². The molecule has 10 heterocycles. The number of nitrogens with zero attached hydrogens (tertiary/aromatic N) is 8. The largest absolute Gasteiger partial charge is 0.569 e. The molecule has 0 bridgehead atoms. The summed E-state index contributed by atoms with van der Waals surface area (Å²) in [7, 11) is 0.737. The number of fused-ring (bicyclic) bond motifs is 30. The van der Waals surface area contributed by atoms with Crippen LogP contribution in [0.15, 0.2) is 393 Å². The zero-order valence-corrected chi connectivity index (χ0v) is 65.7. The second kappa shape index (κ2) is 27.2. The van der Waals surface area contributed by atoms with Crippen LogP contribution in [0.25, 0.3) is 144 Å². The molecule has 0 amide bonds. The second-order valence-electron chi connectivity index (χ2n) is 30.8. The highest BCUT2D eigenvalue weighted by Crippen LogP contribution is 2.64. The first kappa shape index (κ1) is 69.1. The van der Waals surface area contributed by atoms with Crippen molar-refractivity contribution in [3.63, 3.8) is 0 Å². The molecule has 2 spiro atoms. The van der Waals surface area contributed by atoms with E-state index < -0.39 is 10.8 Å². The van der Waals surface area contributed by atoms with Gasteiger partial charge in [-0.05, 0) is 173 Å². The van der Waals surface area contributed by atoms with Crippen molar-refractivity contribution in [2.75, 3.05) is 0 Å². The molecule has 0 unspecified atom stereocenters. The predicted molar refractivity (Wildman–Crippen MR) is 484 cm³/mol. The molecule has 14 heteroatoms. The molecule has 8 aromatic heterocycles. The lowest BCUT2D eigenvalue weighted by molar-refractivity contribution is 0.436. The number of pyridine rings is 4. The third kappa shape index (κ3) is 10.2. The summed E-state index contributed by atoms with van der Waals surface area (Å²) in [4.78, 5) is 19.3. The van der Waals surface area contributed by atoms with Gasteiger partial charge in [0, 0.05) is 118 Å². The number of rotatable bonds is 7. The minimum Gasteiger partial charge on any atom is -0.537 e. The maximum atomic E-state index is 9.49. The molecule has 14 aromatic carbocycles. The summed E-state index contributed by atoms with van der Waals surface area (Å²) in [6.07, 6.45) is 7.41. The molecule has 4 aliphatic rings. The maximum Gasteiger partial charge on any atom is 0.569 e. The molecule has 22 aromatic rings. The smallest absolute Gasteiger partial charge is 0.537 e. The van der Waals surface area contributed by atoms with Crippen molar-refractivity contribution in [1.82, 2.24) is 38.2 Å². The van der Waals surface area contributed by atoms with Crippen LogP contribution in [0.4, 0.5) is 0 Å². The Hall–Kier alpha value is -15.2. The van der Waals surface area contributed by atoms with Crippen LogP contribution < -0.4 is 14.1 Å². The fourth-order valence-electron chi connectivity index (χ4n) is 20.0. The first-order valence-electron chi connectivity index (χ1n) is 40.1. The van der Waals surface area contributed by atoms with Crippen LogP contribution in [0.2, 0.25) is 0 Å². The van der Waals surface area contributed by atoms with E-state index in [4.69, 9.17) is 34.1 Å². The van der Waals surface area contributed by atoms with E-state index in [0.29, 0.717) is 5.75 Å². The summed E-state index contributed by atoms with van der Waals surface area (Å²) >= 11 is 3.65. The number of aromatic nitrogens is 8. The average Bonchev–Trinajstić information content (AvgIpc) is 1.48. The van der Waals surface area contributed by atoms with Crippen LogP contribution in [0, 0.1) is 0 Å². The van der Waals surface area contributed by atoms with Gasteiger partial charge in [0.25, 0.3) is 0 Å². The number of hydrogen-bond acceptors (Lipinski definition) is 8. The number of benzene rings is 14. The van der Waals surface area contributed by atoms with Gasteiger partial charge in [0.05, 0.1) is 89.1 Å². The molecular formula is C106H65BBrN8O4. The molecule has 2 aliphatic heterocycles. The van der Waals surface area contributed by atoms with E-state index >= 15 is 0 Å². The quantitative estimate of drug-likeness (QED) is 0.157. The summed E-state index contributed by atoms with van der Waals surface area (Å²) in [5.74, 6) is 3.97. The van der Waals surface area contributed by atoms with Crippen LogP contribution >= 0.6 is 15.9 Å². The normalized spacial score (nSPS) is 13.2. The molecule has 0 atom stereocenters. The minimum atomic E-state index is -0.673. The number of hydrogen-bond donors (Lipinski definition) is 1. The third-order valence-corrected chi connectivity index (χ3v) is 25.2. The highest BCUT2D eigenvalue weighted by molar-refractivity contribution is 9.10. The molecule has 12 nitrogen and oxygen atoms in total. The summed E-state index contributed by atoms with van der Waals surface area (Å²) in [5.41, 5.74) is 26.9. The van der Waals surface area contributed by atoms with Crippen molar-refractivity contribution in [1.29, 1.82) is 0 Å². The molecule has 563 valence electrons. The van der Waals surface area contributed by atoms with E-state index in [1.54, 1.807) is 0 Å². The van der Waals surface area contributed by atoms with Crippen LogP contribution in [-0.2, 0) is 10.8 Å². The van der Waals surface area contributed by atoms with Gasteiger partial charge in [-0.2, -0.15) is 0 Å². The maximum absolute atomic E-state index is 9.49. The van der Waals surface area contributed by atoms with Gasteiger partial charge in [-0.15, -0.1) is 0 Å². The van der Waals surface area contributed by atoms with Gasteiger partial charge in [-0.3, -0.25) is 19.9 Å². The molecular weight excluding hydrogens is 1540 g/mol. The van der Waals surface area contributed by atoms with E-state index in [0.717, 1.165) is 158 Å². The average molecular weight is 1610 g/mol. The van der Waals surface area contributed by atoms with Gasteiger partial charge >= 0.3 is 7.69 Å². The Kier molecular flexibility index (Phi) is 15.7. The first-order valence-corrected chi connectivity index (χ1v) is 40.9. The number of ether oxygens (including phenoxy) is 2. The zero-order chi connectivity index (χ0) is 79.3. The first-order chi connectivity index (χ1) is 59.4. The standard InChI is InChI=1S/C53H32N4O.C30H20BN2O2.C23H13BrN2O/c1-6-20-45-37(13-1)38-14-2-7-21-46(38)56(45)35-29-34(30-36(32-35)57-47-22-8-3-15-39(47)40-16-4-9-23-48(40)57)33-25-26-50-44(31-33)53(41-17-5-10-24-49(41)58-50)42-18-11-27-54-51(42)52-43(53)19-12-28-55-52;34-31-35-22-18-20(32-27-13-5-1-9-23(27)24-10-2-6-14-28(24)32)17-21(19-22)33-29-15-7-3-11-25(29)26-12-4-8-16-30(26)33;24-14-9-10-20-18(13-14)23(15-5-1-2-8-19(15)27-20)16-6-3-11-25-21(16)22-17(23)7-4-12-26-22/h1-32H;1-19,34H;1-13H. The monoisotopic (exact) mass is 1600 g/mol. The second-order valence-corrected chi connectivity index (χ2v) is 31.7. The Bertz CT molecular complexity index is 7470. The molecule has 0 saturated carbocycles. The van der Waals surface area contributed by atoms with Crippen molar-refractivity contribution < 1.29 is 19.2 Å². The Labute approximate surface area is 697 Å². The van der Waals surface area contributed by atoms with Gasteiger partial charge in [0.2, 0.25) is 0 Å². The summed E-state index contributed by atoms with van der Waals surface area (Å²) in [5, 5.41) is 19.2. The summed E-state index contributed by atoms with van der Waals surface area (Å²) < 4.78 is 29.0. The van der Waals surface area contributed by atoms with Crippen LogP contribution in [0.3, 0.4) is 0 Å². The van der Waals surface area contributed by atoms with Crippen LogP contribution in [0.5, 0.6) is 28.7 Å². The van der Waals surface area contributed by atoms with E-state index in [1.807, 2.05) is 91.5 Å². The van der Waals surface area contributed by atoms with Crippen molar-refractivity contribution in [3.8, 4) is 85.4 Å². The number of para-hydroxylation sites is 10. The molecule has 0 saturated heterocycles. The summed E-state index contributed by atoms with van der Waals surface area (Å²) in [6, 6.07) is 128. The Morgan fingerprint density at radius 3 is 0.867 bits per heavy atom.